The second-order valence-electron chi connectivity index (χ2n) is 3.76. The molecule has 0 aromatic heterocycles. The molecule has 0 fully saturated rings. The van der Waals surface area contributed by atoms with Crippen LogP contribution in [0.4, 0.5) is 0 Å². The maximum Gasteiger partial charge on any atom is 0.159 e. The van der Waals surface area contributed by atoms with Gasteiger partial charge in [-0.25, -0.2) is 0 Å². The molecule has 0 aliphatic heterocycles. The Kier molecular flexibility index (Phi) is 4.04. The Bertz CT molecular complexity index is 596. The third kappa shape index (κ3) is 3.12. The zero-order valence-corrected chi connectivity index (χ0v) is 12.0. The van der Waals surface area contributed by atoms with Crippen molar-refractivity contribution in [1.29, 1.82) is 0 Å². The number of hydrogen-bond acceptors (Lipinski definition) is 2. The van der Waals surface area contributed by atoms with Gasteiger partial charge < -0.3 is 4.74 Å². The number of ketones is 1. The molecule has 18 heavy (non-hydrogen) atoms. The lowest BCUT2D eigenvalue weighted by molar-refractivity contribution is 0.101. The molecule has 2 nitrogen and oxygen atoms in total. The summed E-state index contributed by atoms with van der Waals surface area (Å²) < 4.78 is 6.55. The smallest absolute Gasteiger partial charge is 0.159 e. The van der Waals surface area contributed by atoms with Gasteiger partial charge in [0.1, 0.15) is 11.5 Å². The minimum atomic E-state index is 0.000731. The number of ether oxygens (including phenoxy) is 1. The van der Waals surface area contributed by atoms with Crippen LogP contribution < -0.4 is 4.74 Å². The van der Waals surface area contributed by atoms with E-state index in [-0.39, 0.29) is 5.78 Å². The van der Waals surface area contributed by atoms with Crippen molar-refractivity contribution in [2.75, 3.05) is 0 Å². The summed E-state index contributed by atoms with van der Waals surface area (Å²) in [6.45, 7) is 1.52. The molecule has 2 rings (SSSR count). The van der Waals surface area contributed by atoms with Crippen LogP contribution in [0.15, 0.2) is 46.9 Å². The van der Waals surface area contributed by atoms with E-state index in [2.05, 4.69) is 15.9 Å². The van der Waals surface area contributed by atoms with Crippen molar-refractivity contribution in [1.82, 2.24) is 0 Å². The van der Waals surface area contributed by atoms with E-state index in [1.54, 1.807) is 36.4 Å². The number of carbonyl (C=O) groups is 1. The first-order valence-electron chi connectivity index (χ1n) is 5.30. The van der Waals surface area contributed by atoms with Crippen molar-refractivity contribution in [2.45, 2.75) is 6.92 Å². The van der Waals surface area contributed by atoms with Crippen molar-refractivity contribution in [3.05, 3.63) is 57.5 Å². The SMILES string of the molecule is CC(=O)c1cccc(Oc2cc(Br)ccc2Cl)c1. The summed E-state index contributed by atoms with van der Waals surface area (Å²) in [7, 11) is 0. The van der Waals surface area contributed by atoms with Gasteiger partial charge in [-0.1, -0.05) is 39.7 Å². The summed E-state index contributed by atoms with van der Waals surface area (Å²) in [5.74, 6) is 1.13. The van der Waals surface area contributed by atoms with Crippen molar-refractivity contribution >= 4 is 33.3 Å². The van der Waals surface area contributed by atoms with Gasteiger partial charge in [-0.3, -0.25) is 4.79 Å². The Balaban J connectivity index is 2.31. The fourth-order valence-electron chi connectivity index (χ4n) is 1.46. The van der Waals surface area contributed by atoms with Crippen LogP contribution in [0.25, 0.3) is 0 Å². The van der Waals surface area contributed by atoms with Gasteiger partial charge in [0.25, 0.3) is 0 Å². The lowest BCUT2D eigenvalue weighted by Crippen LogP contribution is -1.92. The summed E-state index contributed by atoms with van der Waals surface area (Å²) >= 11 is 9.39. The predicted molar refractivity (Wildman–Crippen MR) is 75.7 cm³/mol. The highest BCUT2D eigenvalue weighted by molar-refractivity contribution is 9.10. The van der Waals surface area contributed by atoms with E-state index >= 15 is 0 Å². The number of Topliss-reactive ketones (excluding diaryl/α,β-unsaturated/α-hetero) is 1. The zero-order valence-electron chi connectivity index (χ0n) is 9.61. The number of rotatable bonds is 3. The van der Waals surface area contributed by atoms with Gasteiger partial charge in [-0.2, -0.15) is 0 Å². The minimum Gasteiger partial charge on any atom is -0.456 e. The number of carbonyl (C=O) groups excluding carboxylic acids is 1. The molecule has 0 aliphatic carbocycles. The number of halogens is 2. The van der Waals surface area contributed by atoms with E-state index < -0.39 is 0 Å². The molecule has 0 radical (unpaired) electrons. The molecule has 0 N–H and O–H groups in total. The average molecular weight is 326 g/mol. The molecule has 4 heteroatoms. The van der Waals surface area contributed by atoms with Crippen molar-refractivity contribution in [2.24, 2.45) is 0 Å². The standard InChI is InChI=1S/C14H10BrClO2/c1-9(17)10-3-2-4-12(7-10)18-14-8-11(15)5-6-13(14)16/h2-8H,1H3. The third-order valence-electron chi connectivity index (χ3n) is 2.36. The van der Waals surface area contributed by atoms with E-state index in [9.17, 15) is 4.79 Å². The lowest BCUT2D eigenvalue weighted by atomic mass is 10.1. The second kappa shape index (κ2) is 5.55. The van der Waals surface area contributed by atoms with Gasteiger partial charge in [-0.05, 0) is 37.3 Å². The molecule has 0 saturated heterocycles. The largest absolute Gasteiger partial charge is 0.456 e. The van der Waals surface area contributed by atoms with E-state index in [0.717, 1.165) is 4.47 Å². The zero-order chi connectivity index (χ0) is 13.1. The van der Waals surface area contributed by atoms with Gasteiger partial charge >= 0.3 is 0 Å². The molecule has 0 aliphatic rings. The molecule has 0 spiro atoms. The molecule has 2 aromatic carbocycles. The fraction of sp³-hybridized carbons (Fsp3) is 0.0714. The quantitative estimate of drug-likeness (QED) is 0.734. The highest BCUT2D eigenvalue weighted by atomic mass is 79.9. The van der Waals surface area contributed by atoms with Crippen LogP contribution in [0.3, 0.4) is 0 Å². The first kappa shape index (κ1) is 13.1. The lowest BCUT2D eigenvalue weighted by Gasteiger charge is -2.08. The monoisotopic (exact) mass is 324 g/mol. The van der Waals surface area contributed by atoms with Gasteiger partial charge in [0.2, 0.25) is 0 Å². The summed E-state index contributed by atoms with van der Waals surface area (Å²) in [5, 5.41) is 0.520. The van der Waals surface area contributed by atoms with Gasteiger partial charge in [0, 0.05) is 10.0 Å². The second-order valence-corrected chi connectivity index (χ2v) is 5.08. The van der Waals surface area contributed by atoms with Crippen LogP contribution >= 0.6 is 27.5 Å². The Morgan fingerprint density at radius 1 is 1.22 bits per heavy atom. The topological polar surface area (TPSA) is 26.3 Å². The maximum absolute atomic E-state index is 11.3. The predicted octanol–water partition coefficient (Wildman–Crippen LogP) is 5.10. The minimum absolute atomic E-state index is 0.000731. The molecule has 0 bridgehead atoms. The van der Waals surface area contributed by atoms with Gasteiger partial charge in [0.15, 0.2) is 5.78 Å². The first-order chi connectivity index (χ1) is 8.56. The van der Waals surface area contributed by atoms with Gasteiger partial charge in [0.05, 0.1) is 5.02 Å². The number of hydrogen-bond donors (Lipinski definition) is 0. The van der Waals surface area contributed by atoms with Crippen molar-refractivity contribution in [3.8, 4) is 11.5 Å². The summed E-state index contributed by atoms with van der Waals surface area (Å²) in [6.07, 6.45) is 0. The summed E-state index contributed by atoms with van der Waals surface area (Å²) in [5.41, 5.74) is 0.610. The Morgan fingerprint density at radius 2 is 2.00 bits per heavy atom. The van der Waals surface area contributed by atoms with Crippen LogP contribution in [0.5, 0.6) is 11.5 Å². The van der Waals surface area contributed by atoms with Gasteiger partial charge in [-0.15, -0.1) is 0 Å². The molecular formula is C14H10BrClO2. The van der Waals surface area contributed by atoms with E-state index in [1.807, 2.05) is 6.07 Å². The van der Waals surface area contributed by atoms with Crippen LogP contribution in [0.1, 0.15) is 17.3 Å². The fourth-order valence-corrected chi connectivity index (χ4v) is 1.96. The highest BCUT2D eigenvalue weighted by Gasteiger charge is 2.06. The normalized spacial score (nSPS) is 10.2. The van der Waals surface area contributed by atoms with Crippen molar-refractivity contribution < 1.29 is 9.53 Å². The third-order valence-corrected chi connectivity index (χ3v) is 3.17. The maximum atomic E-state index is 11.3. The highest BCUT2D eigenvalue weighted by Crippen LogP contribution is 2.32. The first-order valence-corrected chi connectivity index (χ1v) is 6.47. The van der Waals surface area contributed by atoms with E-state index in [4.69, 9.17) is 16.3 Å². The average Bonchev–Trinajstić information content (AvgIpc) is 2.34. The summed E-state index contributed by atoms with van der Waals surface area (Å²) in [6, 6.07) is 12.4. The van der Waals surface area contributed by atoms with Crippen LogP contribution in [0.2, 0.25) is 5.02 Å². The summed E-state index contributed by atoms with van der Waals surface area (Å²) in [4.78, 5) is 11.3. The molecule has 0 atom stereocenters. The Labute approximate surface area is 119 Å². The molecule has 92 valence electrons. The molecule has 0 amide bonds. The molecule has 0 saturated carbocycles. The van der Waals surface area contributed by atoms with E-state index in [1.165, 1.54) is 6.92 Å². The Morgan fingerprint density at radius 3 is 2.72 bits per heavy atom. The van der Waals surface area contributed by atoms with E-state index in [0.29, 0.717) is 22.1 Å². The molecule has 0 heterocycles. The molecule has 2 aromatic rings. The van der Waals surface area contributed by atoms with Crippen molar-refractivity contribution in [3.63, 3.8) is 0 Å². The van der Waals surface area contributed by atoms with Crippen LogP contribution in [-0.2, 0) is 0 Å². The van der Waals surface area contributed by atoms with Crippen LogP contribution in [-0.4, -0.2) is 5.78 Å². The number of benzene rings is 2. The Hall–Kier alpha value is -1.32. The van der Waals surface area contributed by atoms with Crippen LogP contribution in [0, 0.1) is 0 Å². The molecular weight excluding hydrogens is 316 g/mol. The molecule has 0 unspecified atom stereocenters.